The zero-order valence-corrected chi connectivity index (χ0v) is 11.9. The second kappa shape index (κ2) is 5.87. The molecule has 2 atom stereocenters. The zero-order chi connectivity index (χ0) is 13.1. The Balaban J connectivity index is 2.04. The molecule has 0 radical (unpaired) electrons. The van der Waals surface area contributed by atoms with Crippen LogP contribution < -0.4 is 11.1 Å². The highest BCUT2D eigenvalue weighted by molar-refractivity contribution is 7.80. The van der Waals surface area contributed by atoms with Crippen molar-refractivity contribution in [1.82, 2.24) is 0 Å². The smallest absolute Gasteiger partial charge is 0.104 e. The first-order valence-electron chi connectivity index (χ1n) is 5.99. The maximum Gasteiger partial charge on any atom is 0.104 e. The van der Waals surface area contributed by atoms with Crippen LogP contribution in [0.2, 0.25) is 5.02 Å². The minimum absolute atomic E-state index is 0.358. The van der Waals surface area contributed by atoms with Gasteiger partial charge in [0.2, 0.25) is 0 Å². The van der Waals surface area contributed by atoms with Crippen LogP contribution in [0.1, 0.15) is 24.8 Å². The number of hydrogen-bond acceptors (Lipinski definition) is 3. The Labute approximate surface area is 118 Å². The van der Waals surface area contributed by atoms with Crippen LogP contribution in [0.15, 0.2) is 18.2 Å². The van der Waals surface area contributed by atoms with Crippen molar-refractivity contribution >= 4 is 34.5 Å². The SMILES string of the molecule is COC1CCC(Nc2ccc(C(N)=S)cc2Cl)C1. The van der Waals surface area contributed by atoms with Crippen LogP contribution >= 0.6 is 23.8 Å². The number of nitrogens with two attached hydrogens (primary N) is 1. The third-order valence-electron chi connectivity index (χ3n) is 3.33. The predicted octanol–water partition coefficient (Wildman–Crippen LogP) is 2.95. The van der Waals surface area contributed by atoms with Gasteiger partial charge >= 0.3 is 0 Å². The molecular weight excluding hydrogens is 268 g/mol. The Kier molecular flexibility index (Phi) is 4.43. The van der Waals surface area contributed by atoms with Gasteiger partial charge in [-0.1, -0.05) is 23.8 Å². The molecule has 1 aliphatic rings. The maximum atomic E-state index is 6.21. The molecule has 0 spiro atoms. The van der Waals surface area contributed by atoms with Crippen LogP contribution in [-0.2, 0) is 4.74 Å². The Morgan fingerprint density at radius 1 is 1.50 bits per heavy atom. The lowest BCUT2D eigenvalue weighted by Crippen LogP contribution is -2.17. The molecular formula is C13H17ClN2OS. The quantitative estimate of drug-likeness (QED) is 0.835. The lowest BCUT2D eigenvalue weighted by molar-refractivity contribution is 0.108. The molecule has 0 saturated heterocycles. The van der Waals surface area contributed by atoms with E-state index in [0.29, 0.717) is 22.2 Å². The number of nitrogens with one attached hydrogen (secondary N) is 1. The number of halogens is 1. The first-order chi connectivity index (χ1) is 8.60. The van der Waals surface area contributed by atoms with Crippen molar-refractivity contribution < 1.29 is 4.74 Å². The minimum atomic E-state index is 0.358. The van der Waals surface area contributed by atoms with Crippen molar-refractivity contribution in [1.29, 1.82) is 0 Å². The van der Waals surface area contributed by atoms with Gasteiger partial charge in [-0.2, -0.15) is 0 Å². The highest BCUT2D eigenvalue weighted by Gasteiger charge is 2.24. The molecule has 2 unspecified atom stereocenters. The highest BCUT2D eigenvalue weighted by atomic mass is 35.5. The summed E-state index contributed by atoms with van der Waals surface area (Å²) in [5.41, 5.74) is 7.29. The fourth-order valence-corrected chi connectivity index (χ4v) is 2.65. The van der Waals surface area contributed by atoms with Gasteiger partial charge in [-0.25, -0.2) is 0 Å². The summed E-state index contributed by atoms with van der Waals surface area (Å²) in [4.78, 5) is 0.365. The second-order valence-electron chi connectivity index (χ2n) is 4.57. The van der Waals surface area contributed by atoms with E-state index in [1.165, 1.54) is 0 Å². The second-order valence-corrected chi connectivity index (χ2v) is 5.42. The number of methoxy groups -OCH3 is 1. The van der Waals surface area contributed by atoms with Crippen molar-refractivity contribution in [3.63, 3.8) is 0 Å². The summed E-state index contributed by atoms with van der Waals surface area (Å²) in [6.07, 6.45) is 3.57. The van der Waals surface area contributed by atoms with Crippen LogP contribution in [0.25, 0.3) is 0 Å². The summed E-state index contributed by atoms with van der Waals surface area (Å²) in [5.74, 6) is 0. The molecule has 0 bridgehead atoms. The summed E-state index contributed by atoms with van der Waals surface area (Å²) in [5, 5.41) is 4.10. The molecule has 3 N–H and O–H groups in total. The largest absolute Gasteiger partial charge is 0.389 e. The first-order valence-corrected chi connectivity index (χ1v) is 6.77. The van der Waals surface area contributed by atoms with E-state index in [2.05, 4.69) is 5.32 Å². The minimum Gasteiger partial charge on any atom is -0.389 e. The maximum absolute atomic E-state index is 6.21. The van der Waals surface area contributed by atoms with Gasteiger partial charge in [0.15, 0.2) is 0 Å². The number of benzene rings is 1. The van der Waals surface area contributed by atoms with Crippen molar-refractivity contribution in [3.05, 3.63) is 28.8 Å². The third kappa shape index (κ3) is 3.13. The topological polar surface area (TPSA) is 47.3 Å². The van der Waals surface area contributed by atoms with Gasteiger partial charge < -0.3 is 15.8 Å². The summed E-state index contributed by atoms with van der Waals surface area (Å²) in [6.45, 7) is 0. The number of thiocarbonyl (C=S) groups is 1. The molecule has 2 rings (SSSR count). The van der Waals surface area contributed by atoms with Gasteiger partial charge in [0.25, 0.3) is 0 Å². The predicted molar refractivity (Wildman–Crippen MR) is 79.4 cm³/mol. The third-order valence-corrected chi connectivity index (χ3v) is 3.88. The highest BCUT2D eigenvalue weighted by Crippen LogP contribution is 2.29. The number of anilines is 1. The van der Waals surface area contributed by atoms with Crippen molar-refractivity contribution in [2.75, 3.05) is 12.4 Å². The monoisotopic (exact) mass is 284 g/mol. The summed E-state index contributed by atoms with van der Waals surface area (Å²) in [6, 6.07) is 6.04. The van der Waals surface area contributed by atoms with Gasteiger partial charge in [0.05, 0.1) is 16.8 Å². The zero-order valence-electron chi connectivity index (χ0n) is 10.3. The molecule has 1 fully saturated rings. The van der Waals surface area contributed by atoms with Gasteiger partial charge in [-0.05, 0) is 37.5 Å². The normalized spacial score (nSPS) is 23.0. The fourth-order valence-electron chi connectivity index (χ4n) is 2.29. The van der Waals surface area contributed by atoms with Crippen LogP contribution in [-0.4, -0.2) is 24.2 Å². The summed E-state index contributed by atoms with van der Waals surface area (Å²) in [7, 11) is 1.76. The lowest BCUT2D eigenvalue weighted by Gasteiger charge is -2.16. The molecule has 1 saturated carbocycles. The fraction of sp³-hybridized carbons (Fsp3) is 0.462. The molecule has 1 aromatic rings. The molecule has 0 amide bonds. The van der Waals surface area contributed by atoms with E-state index in [4.69, 9.17) is 34.3 Å². The Bertz CT molecular complexity index is 453. The van der Waals surface area contributed by atoms with Crippen molar-refractivity contribution in [2.24, 2.45) is 5.73 Å². The molecule has 0 heterocycles. The van der Waals surface area contributed by atoms with E-state index in [-0.39, 0.29) is 0 Å². The van der Waals surface area contributed by atoms with Crippen LogP contribution in [0.5, 0.6) is 0 Å². The van der Waals surface area contributed by atoms with Crippen LogP contribution in [0.4, 0.5) is 5.69 Å². The number of hydrogen-bond donors (Lipinski definition) is 2. The Morgan fingerprint density at radius 3 is 2.83 bits per heavy atom. The first kappa shape index (κ1) is 13.6. The average Bonchev–Trinajstić information content (AvgIpc) is 2.79. The summed E-state index contributed by atoms with van der Waals surface area (Å²) < 4.78 is 5.35. The Morgan fingerprint density at radius 2 is 2.28 bits per heavy atom. The van der Waals surface area contributed by atoms with Crippen molar-refractivity contribution in [2.45, 2.75) is 31.4 Å². The van der Waals surface area contributed by atoms with Gasteiger partial charge in [0, 0.05) is 18.7 Å². The van der Waals surface area contributed by atoms with E-state index in [9.17, 15) is 0 Å². The van der Waals surface area contributed by atoms with Crippen LogP contribution in [0, 0.1) is 0 Å². The van der Waals surface area contributed by atoms with Crippen molar-refractivity contribution in [3.8, 4) is 0 Å². The molecule has 18 heavy (non-hydrogen) atoms. The van der Waals surface area contributed by atoms with E-state index in [0.717, 1.165) is 30.5 Å². The van der Waals surface area contributed by atoms with Gasteiger partial charge in [0.1, 0.15) is 4.99 Å². The van der Waals surface area contributed by atoms with E-state index >= 15 is 0 Å². The number of rotatable bonds is 4. The van der Waals surface area contributed by atoms with Gasteiger partial charge in [-0.3, -0.25) is 0 Å². The molecule has 1 aromatic carbocycles. The standard InChI is InChI=1S/C13H17ClN2OS/c1-17-10-4-3-9(7-10)16-12-5-2-8(13(15)18)6-11(12)14/h2,5-6,9-10,16H,3-4,7H2,1H3,(H2,15,18). The van der Waals surface area contributed by atoms with Gasteiger partial charge in [-0.15, -0.1) is 0 Å². The molecule has 98 valence electrons. The Hall–Kier alpha value is -0.840. The van der Waals surface area contributed by atoms with E-state index < -0.39 is 0 Å². The molecule has 5 heteroatoms. The van der Waals surface area contributed by atoms with Crippen LogP contribution in [0.3, 0.4) is 0 Å². The average molecular weight is 285 g/mol. The molecule has 3 nitrogen and oxygen atoms in total. The van der Waals surface area contributed by atoms with E-state index in [1.54, 1.807) is 13.2 Å². The summed E-state index contributed by atoms with van der Waals surface area (Å²) >= 11 is 11.1. The molecule has 1 aliphatic carbocycles. The molecule has 0 aliphatic heterocycles. The molecule has 0 aromatic heterocycles. The van der Waals surface area contributed by atoms with E-state index in [1.807, 2.05) is 12.1 Å². The number of ether oxygens (including phenoxy) is 1. The lowest BCUT2D eigenvalue weighted by atomic mass is 10.1.